The molecular weight excluding hydrogens is 781 g/mol. The first kappa shape index (κ1) is 59.1. The Labute approximate surface area is 404 Å². The Kier molecular flexibility index (Phi) is 29.0. The second kappa shape index (κ2) is 31.9. The smallest absolute Gasteiger partial charge is 0.0159 e. The van der Waals surface area contributed by atoms with Crippen LogP contribution in [0.15, 0.2) is 121 Å². The summed E-state index contributed by atoms with van der Waals surface area (Å²) in [6.07, 6.45) is 28.4. The first-order valence-corrected chi connectivity index (χ1v) is 24.7. The lowest BCUT2D eigenvalue weighted by Crippen LogP contribution is -1.94. The maximum absolute atomic E-state index is 2.30. The molecule has 5 aromatic carbocycles. The van der Waals surface area contributed by atoms with E-state index in [9.17, 15) is 0 Å². The van der Waals surface area contributed by atoms with Crippen LogP contribution in [0.2, 0.25) is 0 Å². The predicted octanol–water partition coefficient (Wildman–Crippen LogP) is 21.4. The van der Waals surface area contributed by atoms with Gasteiger partial charge in [0.05, 0.1) is 0 Å². The summed E-state index contributed by atoms with van der Waals surface area (Å²) in [6, 6.07) is 44.1. The van der Waals surface area contributed by atoms with E-state index in [0.717, 1.165) is 29.6 Å². The van der Waals surface area contributed by atoms with Gasteiger partial charge in [-0.2, -0.15) is 0 Å². The highest BCUT2D eigenvalue weighted by molar-refractivity contribution is 5.33. The maximum Gasteiger partial charge on any atom is -0.0159 e. The first-order chi connectivity index (χ1) is 29.4. The summed E-state index contributed by atoms with van der Waals surface area (Å²) in [7, 11) is 0. The van der Waals surface area contributed by atoms with Crippen LogP contribution in [0.3, 0.4) is 0 Å². The standard InChI is InChI=1S/5C12H16.5CH4/c5*1-10-6-2-5-9-12(10)11-7-3-4-8-11;;;;;/h5*2,5-6,9,11H,3-4,7-8H2,1H3;5*1H4. The van der Waals surface area contributed by atoms with Crippen molar-refractivity contribution in [3.8, 4) is 0 Å². The lowest BCUT2D eigenvalue weighted by Gasteiger charge is -2.11. The molecule has 0 spiro atoms. The van der Waals surface area contributed by atoms with Crippen molar-refractivity contribution in [1.29, 1.82) is 0 Å². The molecule has 0 aromatic heterocycles. The minimum Gasteiger partial charge on any atom is -0.0776 e. The highest BCUT2D eigenvalue weighted by atomic mass is 14.3. The van der Waals surface area contributed by atoms with Gasteiger partial charge in [-0.3, -0.25) is 0 Å². The Morgan fingerprint density at radius 3 is 0.462 bits per heavy atom. The maximum atomic E-state index is 2.30. The lowest BCUT2D eigenvalue weighted by atomic mass is 9.94. The van der Waals surface area contributed by atoms with Gasteiger partial charge in [0.25, 0.3) is 0 Å². The molecular formula is C65H100. The summed E-state index contributed by atoms with van der Waals surface area (Å²) in [5, 5.41) is 0. The van der Waals surface area contributed by atoms with E-state index in [0.29, 0.717) is 0 Å². The van der Waals surface area contributed by atoms with Crippen molar-refractivity contribution in [3.63, 3.8) is 0 Å². The minimum atomic E-state index is 0. The molecule has 360 valence electrons. The first-order valence-electron chi connectivity index (χ1n) is 24.7. The third-order valence-electron chi connectivity index (χ3n) is 14.9. The van der Waals surface area contributed by atoms with Crippen molar-refractivity contribution < 1.29 is 0 Å². The fraction of sp³-hybridized carbons (Fsp3) is 0.538. The number of hydrogen-bond donors (Lipinski definition) is 0. The molecule has 10 rings (SSSR count). The van der Waals surface area contributed by atoms with Crippen molar-refractivity contribution in [3.05, 3.63) is 177 Å². The minimum absolute atomic E-state index is 0. The molecule has 0 heterocycles. The second-order valence-corrected chi connectivity index (χ2v) is 19.2. The second-order valence-electron chi connectivity index (χ2n) is 19.2. The molecule has 5 aliphatic carbocycles. The van der Waals surface area contributed by atoms with E-state index in [-0.39, 0.29) is 37.1 Å². The number of aryl methyl sites for hydroxylation is 5. The molecule has 5 fully saturated rings. The van der Waals surface area contributed by atoms with Gasteiger partial charge in [-0.25, -0.2) is 0 Å². The third kappa shape index (κ3) is 18.0. The summed E-state index contributed by atoms with van der Waals surface area (Å²) < 4.78 is 0. The van der Waals surface area contributed by atoms with E-state index in [1.807, 2.05) is 0 Å². The van der Waals surface area contributed by atoms with Crippen LogP contribution in [0.1, 0.15) is 251 Å². The molecule has 0 atom stereocenters. The molecule has 0 bridgehead atoms. The van der Waals surface area contributed by atoms with Gasteiger partial charge < -0.3 is 0 Å². The third-order valence-corrected chi connectivity index (χ3v) is 14.9. The summed E-state index contributed by atoms with van der Waals surface area (Å²) in [5.41, 5.74) is 15.3. The average molecular weight is 882 g/mol. The average Bonchev–Trinajstić information content (AvgIpc) is 4.14. The van der Waals surface area contributed by atoms with Crippen LogP contribution in [0, 0.1) is 34.6 Å². The zero-order valence-corrected chi connectivity index (χ0v) is 38.6. The topological polar surface area (TPSA) is 0 Å². The summed E-state index contributed by atoms with van der Waals surface area (Å²) >= 11 is 0. The molecule has 0 unspecified atom stereocenters. The van der Waals surface area contributed by atoms with Gasteiger partial charge in [0.1, 0.15) is 0 Å². The van der Waals surface area contributed by atoms with E-state index in [1.165, 1.54) is 156 Å². The van der Waals surface area contributed by atoms with Crippen molar-refractivity contribution in [2.24, 2.45) is 0 Å². The monoisotopic (exact) mass is 881 g/mol. The number of rotatable bonds is 5. The Morgan fingerprint density at radius 2 is 0.338 bits per heavy atom. The molecule has 65 heavy (non-hydrogen) atoms. The van der Waals surface area contributed by atoms with Gasteiger partial charge in [-0.05, 0) is 184 Å². The molecule has 5 saturated carbocycles. The molecule has 5 aliphatic rings. The van der Waals surface area contributed by atoms with Crippen LogP contribution < -0.4 is 0 Å². The summed E-state index contributed by atoms with van der Waals surface area (Å²) in [4.78, 5) is 0. The number of benzene rings is 5. The molecule has 0 N–H and O–H groups in total. The Hall–Kier alpha value is -3.90. The van der Waals surface area contributed by atoms with E-state index in [1.54, 1.807) is 27.8 Å². The molecule has 0 aliphatic heterocycles. The fourth-order valence-electron chi connectivity index (χ4n) is 11.4. The Morgan fingerprint density at radius 1 is 0.215 bits per heavy atom. The van der Waals surface area contributed by atoms with Crippen molar-refractivity contribution in [2.45, 2.75) is 230 Å². The van der Waals surface area contributed by atoms with Gasteiger partial charge in [-0.15, -0.1) is 0 Å². The van der Waals surface area contributed by atoms with E-state index in [4.69, 9.17) is 0 Å². The zero-order valence-electron chi connectivity index (χ0n) is 38.6. The van der Waals surface area contributed by atoms with E-state index in [2.05, 4.69) is 156 Å². The Bertz CT molecular complexity index is 1620. The lowest BCUT2D eigenvalue weighted by molar-refractivity contribution is 0.718. The van der Waals surface area contributed by atoms with Crippen molar-refractivity contribution >= 4 is 0 Å². The Balaban J connectivity index is 0.000000399. The highest BCUT2D eigenvalue weighted by Gasteiger charge is 2.21. The van der Waals surface area contributed by atoms with Gasteiger partial charge in [-0.1, -0.05) is 223 Å². The zero-order chi connectivity index (χ0) is 41.9. The molecule has 5 aromatic rings. The van der Waals surface area contributed by atoms with Crippen molar-refractivity contribution in [2.75, 3.05) is 0 Å². The molecule has 0 heteroatoms. The van der Waals surface area contributed by atoms with Crippen LogP contribution in [-0.4, -0.2) is 0 Å². The molecule has 0 nitrogen and oxygen atoms in total. The van der Waals surface area contributed by atoms with Crippen LogP contribution in [-0.2, 0) is 0 Å². The normalized spacial score (nSPS) is 17.0. The SMILES string of the molecule is C.C.C.C.C.Cc1ccccc1C1CCCC1.Cc1ccccc1C1CCCC1.Cc1ccccc1C1CCCC1.Cc1ccccc1C1CCCC1.Cc1ccccc1C1CCCC1. The summed E-state index contributed by atoms with van der Waals surface area (Å²) in [5.74, 6) is 4.33. The van der Waals surface area contributed by atoms with Gasteiger partial charge >= 0.3 is 0 Å². The largest absolute Gasteiger partial charge is 0.0776 e. The molecule has 0 saturated heterocycles. The quantitative estimate of drug-likeness (QED) is 0.165. The fourth-order valence-corrected chi connectivity index (χ4v) is 11.4. The van der Waals surface area contributed by atoms with Crippen LogP contribution >= 0.6 is 0 Å². The molecule has 0 amide bonds. The van der Waals surface area contributed by atoms with Crippen LogP contribution in [0.4, 0.5) is 0 Å². The van der Waals surface area contributed by atoms with E-state index < -0.39 is 0 Å². The molecule has 0 radical (unpaired) electrons. The highest BCUT2D eigenvalue weighted by Crippen LogP contribution is 2.39. The predicted molar refractivity (Wildman–Crippen MR) is 296 cm³/mol. The van der Waals surface area contributed by atoms with Gasteiger partial charge in [0.2, 0.25) is 0 Å². The summed E-state index contributed by atoms with van der Waals surface area (Å²) in [6.45, 7) is 11.1. The van der Waals surface area contributed by atoms with Gasteiger partial charge in [0, 0.05) is 0 Å². The van der Waals surface area contributed by atoms with Crippen LogP contribution in [0.25, 0.3) is 0 Å². The van der Waals surface area contributed by atoms with E-state index >= 15 is 0 Å². The van der Waals surface area contributed by atoms with Crippen LogP contribution in [0.5, 0.6) is 0 Å². The van der Waals surface area contributed by atoms with Gasteiger partial charge in [0.15, 0.2) is 0 Å². The number of hydrogen-bond acceptors (Lipinski definition) is 0. The van der Waals surface area contributed by atoms with Crippen molar-refractivity contribution in [1.82, 2.24) is 0 Å².